The van der Waals surface area contributed by atoms with Crippen molar-refractivity contribution >= 4 is 29.1 Å². The van der Waals surface area contributed by atoms with Gasteiger partial charge in [-0.2, -0.15) is 5.10 Å². The molecule has 2 N–H and O–H groups in total. The van der Waals surface area contributed by atoms with Gasteiger partial charge in [0.1, 0.15) is 11.4 Å². The van der Waals surface area contributed by atoms with Gasteiger partial charge in [0.25, 0.3) is 0 Å². The first-order chi connectivity index (χ1) is 23.4. The third-order valence-electron chi connectivity index (χ3n) is 8.42. The van der Waals surface area contributed by atoms with Gasteiger partial charge in [-0.3, -0.25) is 19.4 Å². The van der Waals surface area contributed by atoms with Gasteiger partial charge in [0.05, 0.1) is 53.7 Å². The number of ether oxygens (including phenoxy) is 2. The van der Waals surface area contributed by atoms with E-state index in [9.17, 15) is 4.79 Å². The second kappa shape index (κ2) is 15.1. The number of nitrogens with one attached hydrogen (secondary N) is 2. The first-order valence-corrected chi connectivity index (χ1v) is 16.5. The number of nitrogens with zero attached hydrogens (tertiary/aromatic N) is 6. The summed E-state index contributed by atoms with van der Waals surface area (Å²) < 4.78 is 13.0. The van der Waals surface area contributed by atoms with Crippen molar-refractivity contribution in [3.05, 3.63) is 88.2 Å². The molecule has 0 bridgehead atoms. The quantitative estimate of drug-likeness (QED) is 0.148. The molecule has 4 heterocycles. The Hall–Kier alpha value is -4.58. The van der Waals surface area contributed by atoms with Crippen LogP contribution in [0.25, 0.3) is 33.6 Å². The van der Waals surface area contributed by atoms with Crippen LogP contribution in [0.1, 0.15) is 42.8 Å². The number of methoxy groups -OCH3 is 2. The topological polar surface area (TPSA) is 129 Å². The van der Waals surface area contributed by atoms with Crippen molar-refractivity contribution in [1.82, 2.24) is 40.3 Å². The van der Waals surface area contributed by atoms with Gasteiger partial charge in [-0.25, -0.2) is 9.97 Å². The summed E-state index contributed by atoms with van der Waals surface area (Å²) in [4.78, 5) is 30.3. The van der Waals surface area contributed by atoms with E-state index in [0.29, 0.717) is 75.9 Å². The van der Waals surface area contributed by atoms with Crippen LogP contribution in [0.2, 0.25) is 10.0 Å². The van der Waals surface area contributed by atoms with Crippen LogP contribution in [0, 0.1) is 0 Å². The largest absolute Gasteiger partial charge is 0.480 e. The molecule has 1 atom stereocenters. The van der Waals surface area contributed by atoms with Gasteiger partial charge in [0.15, 0.2) is 0 Å². The fourth-order valence-electron chi connectivity index (χ4n) is 5.84. The van der Waals surface area contributed by atoms with E-state index >= 15 is 0 Å². The van der Waals surface area contributed by atoms with Gasteiger partial charge in [-0.1, -0.05) is 59.6 Å². The highest BCUT2D eigenvalue weighted by molar-refractivity contribution is 6.39. The second-order valence-electron chi connectivity index (χ2n) is 11.5. The van der Waals surface area contributed by atoms with E-state index in [2.05, 4.69) is 25.7 Å². The second-order valence-corrected chi connectivity index (χ2v) is 12.3. The number of hydrogen-bond donors (Lipinski definition) is 2. The molecule has 3 aromatic heterocycles. The smallest absolute Gasteiger partial charge is 0.237 e. The minimum Gasteiger partial charge on any atom is -0.480 e. The van der Waals surface area contributed by atoms with Crippen LogP contribution < -0.4 is 20.1 Å². The fraction of sp³-hybridized carbons (Fsp3) is 0.314. The maximum absolute atomic E-state index is 11.5. The summed E-state index contributed by atoms with van der Waals surface area (Å²) in [6.07, 6.45) is 9.09. The highest BCUT2D eigenvalue weighted by atomic mass is 35.5. The average Bonchev–Trinajstić information content (AvgIpc) is 3.72. The highest BCUT2D eigenvalue weighted by Crippen LogP contribution is 2.42. The van der Waals surface area contributed by atoms with Crippen molar-refractivity contribution in [3.63, 3.8) is 0 Å². The van der Waals surface area contributed by atoms with Crippen molar-refractivity contribution < 1.29 is 14.3 Å². The zero-order valence-electron chi connectivity index (χ0n) is 27.0. The van der Waals surface area contributed by atoms with E-state index in [-0.39, 0.29) is 11.9 Å². The summed E-state index contributed by atoms with van der Waals surface area (Å²) >= 11 is 14.1. The van der Waals surface area contributed by atoms with Gasteiger partial charge in [-0.05, 0) is 31.7 Å². The van der Waals surface area contributed by atoms with E-state index in [0.717, 1.165) is 41.8 Å². The minimum atomic E-state index is 0.123. The van der Waals surface area contributed by atoms with Crippen molar-refractivity contribution in [3.8, 4) is 45.4 Å². The van der Waals surface area contributed by atoms with Crippen molar-refractivity contribution in [1.29, 1.82) is 0 Å². The third kappa shape index (κ3) is 7.28. The van der Waals surface area contributed by atoms with E-state index in [1.165, 1.54) is 0 Å². The molecule has 0 spiro atoms. The third-order valence-corrected chi connectivity index (χ3v) is 9.24. The van der Waals surface area contributed by atoms with E-state index in [4.69, 9.17) is 42.6 Å². The molecule has 0 aliphatic carbocycles. The molecule has 1 aliphatic rings. The van der Waals surface area contributed by atoms with Crippen LogP contribution in [-0.4, -0.2) is 55.9 Å². The first-order valence-electron chi connectivity index (χ1n) is 15.7. The maximum Gasteiger partial charge on any atom is 0.237 e. The van der Waals surface area contributed by atoms with Gasteiger partial charge in [0.2, 0.25) is 17.7 Å². The number of benzene rings is 2. The number of hydrogen-bond acceptors (Lipinski definition) is 9. The van der Waals surface area contributed by atoms with Gasteiger partial charge < -0.3 is 20.1 Å². The zero-order valence-corrected chi connectivity index (χ0v) is 28.5. The lowest BCUT2D eigenvalue weighted by Gasteiger charge is -2.15. The summed E-state index contributed by atoms with van der Waals surface area (Å²) in [6.45, 7) is 1.09. The lowest BCUT2D eigenvalue weighted by molar-refractivity contribution is -0.119. The number of amides is 1. The molecule has 2 aromatic carbocycles. The molecule has 11 nitrogen and oxygen atoms in total. The summed E-state index contributed by atoms with van der Waals surface area (Å²) in [6, 6.07) is 13.6. The molecule has 248 valence electrons. The average molecular weight is 688 g/mol. The summed E-state index contributed by atoms with van der Waals surface area (Å²) in [5, 5.41) is 11.5. The molecule has 0 radical (unpaired) electrons. The summed E-state index contributed by atoms with van der Waals surface area (Å²) in [5.74, 6) is 0.985. The number of aromatic nitrogens is 6. The number of carbonyl (C=O) groups excluding carboxylic acids is 1. The summed E-state index contributed by atoms with van der Waals surface area (Å²) in [7, 11) is 5.06. The molecule has 0 unspecified atom stereocenters. The van der Waals surface area contributed by atoms with E-state index in [1.54, 1.807) is 32.8 Å². The SMILES string of the molecule is COc1nc(-c2cccc(-c3cccc(-c4cnc(CNCc5ccnn5C)c(OC)n4)c3Cl)c2Cl)cnc1CCC[C@@H]1CCC(=O)N1. The van der Waals surface area contributed by atoms with Gasteiger partial charge >= 0.3 is 0 Å². The van der Waals surface area contributed by atoms with E-state index < -0.39 is 0 Å². The number of halogens is 2. The monoisotopic (exact) mass is 686 g/mol. The Morgan fingerprint density at radius 3 is 2.04 bits per heavy atom. The predicted octanol–water partition coefficient (Wildman–Crippen LogP) is 6.22. The predicted molar refractivity (Wildman–Crippen MR) is 185 cm³/mol. The number of carbonyl (C=O) groups is 1. The first kappa shape index (κ1) is 33.3. The molecule has 48 heavy (non-hydrogen) atoms. The Morgan fingerprint density at radius 2 is 1.48 bits per heavy atom. The van der Waals surface area contributed by atoms with Crippen LogP contribution >= 0.6 is 23.2 Å². The van der Waals surface area contributed by atoms with E-state index in [1.807, 2.05) is 54.2 Å². The van der Waals surface area contributed by atoms with Crippen LogP contribution in [0.5, 0.6) is 11.8 Å². The Labute approximate surface area is 289 Å². The molecule has 5 aromatic rings. The molecule has 1 saturated heterocycles. The molecule has 1 aliphatic heterocycles. The Kier molecular flexibility index (Phi) is 10.5. The van der Waals surface area contributed by atoms with Crippen molar-refractivity contribution in [2.24, 2.45) is 7.05 Å². The molecule has 1 amide bonds. The number of aryl methyl sites for hydroxylation is 2. The highest BCUT2D eigenvalue weighted by Gasteiger charge is 2.22. The molecule has 13 heteroatoms. The van der Waals surface area contributed by atoms with Gasteiger partial charge in [0, 0.05) is 61.1 Å². The zero-order chi connectivity index (χ0) is 33.6. The summed E-state index contributed by atoms with van der Waals surface area (Å²) in [5.41, 5.74) is 6.52. The number of rotatable bonds is 13. The van der Waals surface area contributed by atoms with Crippen LogP contribution in [0.15, 0.2) is 61.1 Å². The Balaban J connectivity index is 1.22. The molecule has 0 saturated carbocycles. The Bertz CT molecular complexity index is 1930. The van der Waals surface area contributed by atoms with Crippen molar-refractivity contribution in [2.75, 3.05) is 14.2 Å². The maximum atomic E-state index is 11.5. The van der Waals surface area contributed by atoms with Crippen molar-refractivity contribution in [2.45, 2.75) is 51.2 Å². The molecule has 6 rings (SSSR count). The lowest BCUT2D eigenvalue weighted by Crippen LogP contribution is -2.25. The standard InChI is InChI=1S/C35H36Cl2N8O3/c1-45-22(15-16-41-45)17-38-18-30-35(48-3)44-29(20-40-30)26-11-6-9-24(33(26)37)23-8-5-10-25(32(23)36)28-19-39-27(34(43-28)47-2)12-4-7-21-13-14-31(46)42-21/h5-6,8-11,15-16,19-21,38H,4,7,12-14,17-18H2,1-3H3,(H,42,46)/t21-/m1/s1. The minimum absolute atomic E-state index is 0.123. The molecular formula is C35H36Cl2N8O3. The van der Waals surface area contributed by atoms with Crippen LogP contribution in [0.4, 0.5) is 0 Å². The lowest BCUT2D eigenvalue weighted by atomic mass is 9.98. The normalized spacial score (nSPS) is 14.3. The van der Waals surface area contributed by atoms with Crippen LogP contribution in [0.3, 0.4) is 0 Å². The fourth-order valence-corrected chi connectivity index (χ4v) is 6.49. The Morgan fingerprint density at radius 1 is 0.875 bits per heavy atom. The van der Waals surface area contributed by atoms with Gasteiger partial charge in [-0.15, -0.1) is 0 Å². The molecule has 1 fully saturated rings. The molecular weight excluding hydrogens is 651 g/mol. The van der Waals surface area contributed by atoms with Crippen LogP contribution in [-0.2, 0) is 31.4 Å².